The van der Waals surface area contributed by atoms with Gasteiger partial charge < -0.3 is 0 Å². The van der Waals surface area contributed by atoms with E-state index in [4.69, 9.17) is 0 Å². The third-order valence-corrected chi connectivity index (χ3v) is 3.51. The van der Waals surface area contributed by atoms with Crippen molar-refractivity contribution in [1.29, 1.82) is 0 Å². The molecule has 0 aliphatic rings. The highest BCUT2D eigenvalue weighted by atomic mass is 19.4. The Labute approximate surface area is 145 Å². The molecule has 2 aromatic carbocycles. The van der Waals surface area contributed by atoms with Crippen LogP contribution in [0.2, 0.25) is 0 Å². The highest BCUT2D eigenvalue weighted by molar-refractivity contribution is 6.41. The summed E-state index contributed by atoms with van der Waals surface area (Å²) in [5, 5.41) is 0. The van der Waals surface area contributed by atoms with Crippen LogP contribution in [0.4, 0.5) is 37.7 Å². The zero-order valence-corrected chi connectivity index (χ0v) is 13.8. The first-order valence-electron chi connectivity index (χ1n) is 7.42. The average Bonchev–Trinajstić information content (AvgIpc) is 2.54. The third kappa shape index (κ3) is 5.18. The van der Waals surface area contributed by atoms with Crippen LogP contribution in [-0.4, -0.2) is 11.4 Å². The maximum absolute atomic E-state index is 12.5. The minimum atomic E-state index is -4.42. The lowest BCUT2D eigenvalue weighted by molar-refractivity contribution is -0.138. The Hall–Kier alpha value is -2.64. The van der Waals surface area contributed by atoms with Gasteiger partial charge >= 0.3 is 12.4 Å². The minimum Gasteiger partial charge on any atom is -0.252 e. The van der Waals surface area contributed by atoms with Crippen molar-refractivity contribution >= 4 is 22.8 Å². The lowest BCUT2D eigenvalue weighted by Gasteiger charge is -2.07. The fraction of sp³-hybridized carbons (Fsp3) is 0.222. The number of nitrogens with zero attached hydrogens (tertiary/aromatic N) is 2. The molecule has 0 heterocycles. The Kier molecular flexibility index (Phi) is 5.53. The van der Waals surface area contributed by atoms with Crippen molar-refractivity contribution in [3.8, 4) is 0 Å². The topological polar surface area (TPSA) is 24.7 Å². The van der Waals surface area contributed by atoms with Crippen LogP contribution in [0.1, 0.15) is 25.0 Å². The van der Waals surface area contributed by atoms with Crippen molar-refractivity contribution in [3.05, 3.63) is 59.7 Å². The molecule has 2 rings (SSSR count). The van der Waals surface area contributed by atoms with Crippen molar-refractivity contribution in [1.82, 2.24) is 0 Å². The number of hydrogen-bond acceptors (Lipinski definition) is 2. The van der Waals surface area contributed by atoms with E-state index < -0.39 is 23.5 Å². The Balaban J connectivity index is 2.18. The van der Waals surface area contributed by atoms with Crippen LogP contribution in [-0.2, 0) is 12.4 Å². The van der Waals surface area contributed by atoms with Crippen molar-refractivity contribution < 1.29 is 26.3 Å². The summed E-state index contributed by atoms with van der Waals surface area (Å²) in [6, 6.07) is 8.64. The zero-order chi connectivity index (χ0) is 19.5. The van der Waals surface area contributed by atoms with Gasteiger partial charge in [-0.25, -0.2) is 0 Å². The van der Waals surface area contributed by atoms with Crippen LogP contribution in [0, 0.1) is 0 Å². The molecule has 0 fully saturated rings. The van der Waals surface area contributed by atoms with Gasteiger partial charge in [0.1, 0.15) is 0 Å². The predicted molar refractivity (Wildman–Crippen MR) is 88.4 cm³/mol. The number of hydrogen-bond donors (Lipinski definition) is 0. The van der Waals surface area contributed by atoms with Crippen LogP contribution in [0.3, 0.4) is 0 Å². The molecule has 0 amide bonds. The number of rotatable bonds is 3. The first kappa shape index (κ1) is 19.7. The van der Waals surface area contributed by atoms with E-state index >= 15 is 0 Å². The Morgan fingerprint density at radius 3 is 1.08 bits per heavy atom. The molecule has 0 unspecified atom stereocenters. The molecule has 138 valence electrons. The van der Waals surface area contributed by atoms with Crippen LogP contribution in [0.25, 0.3) is 0 Å². The van der Waals surface area contributed by atoms with Gasteiger partial charge in [0.25, 0.3) is 0 Å². The van der Waals surface area contributed by atoms with Crippen LogP contribution in [0.15, 0.2) is 58.5 Å². The highest BCUT2D eigenvalue weighted by Gasteiger charge is 2.30. The monoisotopic (exact) mass is 372 g/mol. The van der Waals surface area contributed by atoms with Gasteiger partial charge in [-0.1, -0.05) is 0 Å². The van der Waals surface area contributed by atoms with Crippen LogP contribution >= 0.6 is 0 Å². The normalized spacial score (nSPS) is 13.8. The summed E-state index contributed by atoms with van der Waals surface area (Å²) in [6.07, 6.45) is -8.84. The second-order valence-electron chi connectivity index (χ2n) is 5.48. The minimum absolute atomic E-state index is 0.317. The molecule has 0 bridgehead atoms. The highest BCUT2D eigenvalue weighted by Crippen LogP contribution is 2.31. The Morgan fingerprint density at radius 2 is 0.846 bits per heavy atom. The fourth-order valence-electron chi connectivity index (χ4n) is 2.00. The molecule has 26 heavy (non-hydrogen) atoms. The Morgan fingerprint density at radius 1 is 0.577 bits per heavy atom. The van der Waals surface area contributed by atoms with Gasteiger partial charge in [0.2, 0.25) is 0 Å². The molecule has 0 spiro atoms. The van der Waals surface area contributed by atoms with E-state index in [2.05, 4.69) is 9.98 Å². The van der Waals surface area contributed by atoms with Gasteiger partial charge in [0, 0.05) is 0 Å². The summed E-state index contributed by atoms with van der Waals surface area (Å²) in [5.74, 6) is 0. The van der Waals surface area contributed by atoms with Gasteiger partial charge in [-0.3, -0.25) is 9.98 Å². The molecule has 2 nitrogen and oxygen atoms in total. The van der Waals surface area contributed by atoms with Crippen molar-refractivity contribution in [2.45, 2.75) is 26.2 Å². The van der Waals surface area contributed by atoms with E-state index in [1.165, 1.54) is 24.3 Å². The smallest absolute Gasteiger partial charge is 0.252 e. The molecule has 0 saturated heterocycles. The molecule has 8 heteroatoms. The molecule has 0 aromatic heterocycles. The lowest BCUT2D eigenvalue weighted by atomic mass is 10.2. The summed E-state index contributed by atoms with van der Waals surface area (Å²) in [7, 11) is 0. The van der Waals surface area contributed by atoms with E-state index in [0.29, 0.717) is 22.8 Å². The average molecular weight is 372 g/mol. The summed E-state index contributed by atoms with van der Waals surface area (Å²) < 4.78 is 75.2. The predicted octanol–water partition coefficient (Wildman–Crippen LogP) is 6.61. The molecule has 2 aromatic rings. The van der Waals surface area contributed by atoms with E-state index in [9.17, 15) is 26.3 Å². The molecule has 0 aliphatic heterocycles. The first-order chi connectivity index (χ1) is 12.0. The van der Waals surface area contributed by atoms with E-state index in [-0.39, 0.29) is 0 Å². The molecular weight excluding hydrogens is 358 g/mol. The lowest BCUT2D eigenvalue weighted by Crippen LogP contribution is -2.06. The second kappa shape index (κ2) is 7.31. The first-order valence-corrected chi connectivity index (χ1v) is 7.42. The second-order valence-corrected chi connectivity index (χ2v) is 5.48. The van der Waals surface area contributed by atoms with E-state index in [1.807, 2.05) is 0 Å². The quantitative estimate of drug-likeness (QED) is 0.428. The third-order valence-electron chi connectivity index (χ3n) is 3.51. The Bertz CT molecular complexity index is 741. The molecule has 0 atom stereocenters. The number of benzene rings is 2. The molecule has 0 saturated carbocycles. The van der Waals surface area contributed by atoms with Gasteiger partial charge in [-0.05, 0) is 62.4 Å². The van der Waals surface area contributed by atoms with Crippen LogP contribution < -0.4 is 0 Å². The summed E-state index contributed by atoms with van der Waals surface area (Å²) in [5.41, 5.74) is -0.0438. The summed E-state index contributed by atoms with van der Waals surface area (Å²) >= 11 is 0. The van der Waals surface area contributed by atoms with Gasteiger partial charge in [-0.15, -0.1) is 0 Å². The largest absolute Gasteiger partial charge is 0.416 e. The standard InChI is InChI=1S/C18H14F6N2/c1-11(25-15-7-3-13(4-8-15)17(19,20)21)12(2)26-16-9-5-14(6-10-16)18(22,23)24/h3-10H,1-2H3. The molecular formula is C18H14F6N2. The maximum Gasteiger partial charge on any atom is 0.416 e. The van der Waals surface area contributed by atoms with Crippen molar-refractivity contribution in [3.63, 3.8) is 0 Å². The van der Waals surface area contributed by atoms with Gasteiger partial charge in [0.05, 0.1) is 33.9 Å². The number of halogens is 6. The molecule has 0 aliphatic carbocycles. The summed E-state index contributed by atoms with van der Waals surface area (Å²) in [4.78, 5) is 8.35. The van der Waals surface area contributed by atoms with Crippen molar-refractivity contribution in [2.75, 3.05) is 0 Å². The number of alkyl halides is 6. The van der Waals surface area contributed by atoms with E-state index in [0.717, 1.165) is 24.3 Å². The zero-order valence-electron chi connectivity index (χ0n) is 13.8. The van der Waals surface area contributed by atoms with Gasteiger partial charge in [0.15, 0.2) is 0 Å². The maximum atomic E-state index is 12.5. The molecule has 0 N–H and O–H groups in total. The van der Waals surface area contributed by atoms with Crippen molar-refractivity contribution in [2.24, 2.45) is 9.98 Å². The van der Waals surface area contributed by atoms with E-state index in [1.54, 1.807) is 13.8 Å². The number of aliphatic imine (C=N–C) groups is 2. The fourth-order valence-corrected chi connectivity index (χ4v) is 2.00. The summed E-state index contributed by atoms with van der Waals surface area (Å²) in [6.45, 7) is 3.22. The molecule has 0 radical (unpaired) electrons. The SMILES string of the molecule is CC(=Nc1ccc(C(F)(F)F)cc1)C(C)=Nc1ccc(C(F)(F)F)cc1. The van der Waals surface area contributed by atoms with Crippen LogP contribution in [0.5, 0.6) is 0 Å². The van der Waals surface area contributed by atoms with Gasteiger partial charge in [-0.2, -0.15) is 26.3 Å².